The zero-order valence-corrected chi connectivity index (χ0v) is 15.6. The van der Waals surface area contributed by atoms with Gasteiger partial charge in [-0.1, -0.05) is 24.3 Å². The molecule has 1 aliphatic heterocycles. The number of ether oxygens (including phenoxy) is 1. The number of aromatic nitrogens is 2. The summed E-state index contributed by atoms with van der Waals surface area (Å²) in [5, 5.41) is 0. The van der Waals surface area contributed by atoms with Gasteiger partial charge in [-0.3, -0.25) is 13.9 Å². The standard InChI is InChI=1S/C21H23N3O3/c1-22-18-9-3-4-10-19(18)24(21(22)26)14-20(25)23-12-6-11-17(23)15-7-5-8-16(13-15)27-2/h3-5,7-10,13,17H,6,11-12,14H2,1-2H3. The van der Waals surface area contributed by atoms with E-state index in [2.05, 4.69) is 0 Å². The largest absolute Gasteiger partial charge is 0.497 e. The monoisotopic (exact) mass is 365 g/mol. The summed E-state index contributed by atoms with van der Waals surface area (Å²) in [6, 6.07) is 15.5. The van der Waals surface area contributed by atoms with Crippen molar-refractivity contribution in [3.8, 4) is 5.75 Å². The van der Waals surface area contributed by atoms with Crippen molar-refractivity contribution in [2.75, 3.05) is 13.7 Å². The molecule has 140 valence electrons. The molecule has 6 nitrogen and oxygen atoms in total. The van der Waals surface area contributed by atoms with Crippen LogP contribution in [-0.2, 0) is 18.4 Å². The summed E-state index contributed by atoms with van der Waals surface area (Å²) in [5.41, 5.74) is 2.53. The van der Waals surface area contributed by atoms with Crippen LogP contribution in [0.2, 0.25) is 0 Å². The first-order valence-corrected chi connectivity index (χ1v) is 9.18. The van der Waals surface area contributed by atoms with Crippen LogP contribution in [0, 0.1) is 0 Å². The van der Waals surface area contributed by atoms with Crippen LogP contribution in [0.4, 0.5) is 0 Å². The summed E-state index contributed by atoms with van der Waals surface area (Å²) in [4.78, 5) is 27.6. The quantitative estimate of drug-likeness (QED) is 0.714. The SMILES string of the molecule is COc1cccc(C2CCCN2C(=O)Cn2c(=O)n(C)c3ccccc32)c1. The van der Waals surface area contributed by atoms with Gasteiger partial charge in [-0.25, -0.2) is 4.79 Å². The highest BCUT2D eigenvalue weighted by Gasteiger charge is 2.30. The molecule has 1 unspecified atom stereocenters. The number of hydrogen-bond donors (Lipinski definition) is 0. The lowest BCUT2D eigenvalue weighted by Gasteiger charge is -2.25. The maximum absolute atomic E-state index is 13.1. The number of rotatable bonds is 4. The van der Waals surface area contributed by atoms with Gasteiger partial charge in [0.25, 0.3) is 0 Å². The second-order valence-corrected chi connectivity index (χ2v) is 6.94. The molecule has 1 aromatic heterocycles. The van der Waals surface area contributed by atoms with Crippen molar-refractivity contribution in [1.29, 1.82) is 0 Å². The Balaban J connectivity index is 1.63. The third-order valence-corrected chi connectivity index (χ3v) is 5.40. The Morgan fingerprint density at radius 3 is 2.70 bits per heavy atom. The predicted octanol–water partition coefficient (Wildman–Crippen LogP) is 2.71. The van der Waals surface area contributed by atoms with Gasteiger partial charge in [0, 0.05) is 13.6 Å². The van der Waals surface area contributed by atoms with E-state index in [1.807, 2.05) is 53.4 Å². The molecule has 1 aliphatic rings. The maximum Gasteiger partial charge on any atom is 0.329 e. The molecule has 1 atom stereocenters. The fourth-order valence-corrected chi connectivity index (χ4v) is 4.00. The Morgan fingerprint density at radius 2 is 1.93 bits per heavy atom. The highest BCUT2D eigenvalue weighted by molar-refractivity contribution is 5.81. The fourth-order valence-electron chi connectivity index (χ4n) is 4.00. The molecule has 0 aliphatic carbocycles. The molecular weight excluding hydrogens is 342 g/mol. The van der Waals surface area contributed by atoms with Gasteiger partial charge in [0.2, 0.25) is 5.91 Å². The minimum atomic E-state index is -0.165. The van der Waals surface area contributed by atoms with E-state index in [0.29, 0.717) is 6.54 Å². The Labute approximate surface area is 157 Å². The minimum Gasteiger partial charge on any atom is -0.497 e. The lowest BCUT2D eigenvalue weighted by atomic mass is 10.0. The van der Waals surface area contributed by atoms with Gasteiger partial charge in [-0.05, 0) is 42.7 Å². The number of imidazole rings is 1. The minimum absolute atomic E-state index is 0.0262. The summed E-state index contributed by atoms with van der Waals surface area (Å²) in [5.74, 6) is 0.760. The van der Waals surface area contributed by atoms with Crippen molar-refractivity contribution in [2.45, 2.75) is 25.4 Å². The van der Waals surface area contributed by atoms with Crippen molar-refractivity contribution >= 4 is 16.9 Å². The highest BCUT2D eigenvalue weighted by Crippen LogP contribution is 2.33. The van der Waals surface area contributed by atoms with Gasteiger partial charge in [-0.15, -0.1) is 0 Å². The van der Waals surface area contributed by atoms with Gasteiger partial charge in [-0.2, -0.15) is 0 Å². The molecule has 0 bridgehead atoms. The van der Waals surface area contributed by atoms with Crippen LogP contribution < -0.4 is 10.4 Å². The molecule has 0 spiro atoms. The molecule has 27 heavy (non-hydrogen) atoms. The second kappa shape index (κ2) is 6.95. The number of likely N-dealkylation sites (tertiary alicyclic amines) is 1. The van der Waals surface area contributed by atoms with E-state index in [1.165, 1.54) is 0 Å². The van der Waals surface area contributed by atoms with Crippen LogP contribution in [0.3, 0.4) is 0 Å². The van der Waals surface area contributed by atoms with Gasteiger partial charge in [0.05, 0.1) is 24.2 Å². The number of carbonyl (C=O) groups is 1. The van der Waals surface area contributed by atoms with Gasteiger partial charge in [0.15, 0.2) is 0 Å². The third kappa shape index (κ3) is 3.01. The molecule has 2 aromatic carbocycles. The van der Waals surface area contributed by atoms with Crippen LogP contribution in [0.1, 0.15) is 24.4 Å². The number of para-hydroxylation sites is 2. The topological polar surface area (TPSA) is 56.5 Å². The molecule has 0 saturated carbocycles. The summed E-state index contributed by atoms with van der Waals surface area (Å²) in [7, 11) is 3.38. The zero-order valence-electron chi connectivity index (χ0n) is 15.6. The van der Waals surface area contributed by atoms with Crippen LogP contribution >= 0.6 is 0 Å². The van der Waals surface area contributed by atoms with Crippen molar-refractivity contribution < 1.29 is 9.53 Å². The summed E-state index contributed by atoms with van der Waals surface area (Å²) >= 11 is 0. The van der Waals surface area contributed by atoms with E-state index in [4.69, 9.17) is 4.74 Å². The molecule has 2 heterocycles. The number of methoxy groups -OCH3 is 1. The Bertz CT molecular complexity index is 1050. The molecule has 6 heteroatoms. The van der Waals surface area contributed by atoms with Crippen molar-refractivity contribution in [3.63, 3.8) is 0 Å². The van der Waals surface area contributed by atoms with Crippen LogP contribution in [-0.4, -0.2) is 33.6 Å². The average Bonchev–Trinajstić information content (AvgIpc) is 3.28. The first kappa shape index (κ1) is 17.4. The lowest BCUT2D eigenvalue weighted by Crippen LogP contribution is -2.36. The van der Waals surface area contributed by atoms with E-state index < -0.39 is 0 Å². The third-order valence-electron chi connectivity index (χ3n) is 5.40. The van der Waals surface area contributed by atoms with E-state index >= 15 is 0 Å². The average molecular weight is 365 g/mol. The molecule has 1 fully saturated rings. The van der Waals surface area contributed by atoms with E-state index in [1.54, 1.807) is 23.3 Å². The summed E-state index contributed by atoms with van der Waals surface area (Å²) < 4.78 is 8.48. The number of nitrogens with zero attached hydrogens (tertiary/aromatic N) is 3. The highest BCUT2D eigenvalue weighted by atomic mass is 16.5. The Morgan fingerprint density at radius 1 is 1.15 bits per heavy atom. The number of fused-ring (bicyclic) bond motifs is 1. The molecule has 4 rings (SSSR count). The number of amides is 1. The molecular formula is C21H23N3O3. The van der Waals surface area contributed by atoms with Gasteiger partial charge >= 0.3 is 5.69 Å². The Kier molecular flexibility index (Phi) is 4.48. The number of hydrogen-bond acceptors (Lipinski definition) is 3. The molecule has 0 radical (unpaired) electrons. The van der Waals surface area contributed by atoms with E-state index in [0.717, 1.165) is 35.2 Å². The Hall–Kier alpha value is -3.02. The van der Waals surface area contributed by atoms with Crippen LogP contribution in [0.5, 0.6) is 5.75 Å². The fraction of sp³-hybridized carbons (Fsp3) is 0.333. The zero-order chi connectivity index (χ0) is 19.0. The van der Waals surface area contributed by atoms with Crippen LogP contribution in [0.25, 0.3) is 11.0 Å². The van der Waals surface area contributed by atoms with Gasteiger partial charge < -0.3 is 9.64 Å². The van der Waals surface area contributed by atoms with Crippen molar-refractivity contribution in [1.82, 2.24) is 14.0 Å². The van der Waals surface area contributed by atoms with E-state index in [-0.39, 0.29) is 24.2 Å². The summed E-state index contributed by atoms with van der Waals surface area (Å²) in [6.07, 6.45) is 1.88. The predicted molar refractivity (Wildman–Crippen MR) is 104 cm³/mol. The smallest absolute Gasteiger partial charge is 0.329 e. The summed E-state index contributed by atoms with van der Waals surface area (Å²) in [6.45, 7) is 0.765. The number of benzene rings is 2. The lowest BCUT2D eigenvalue weighted by molar-refractivity contribution is -0.132. The molecule has 0 N–H and O–H groups in total. The molecule has 1 amide bonds. The van der Waals surface area contributed by atoms with Crippen molar-refractivity contribution in [3.05, 3.63) is 64.6 Å². The van der Waals surface area contributed by atoms with Crippen molar-refractivity contribution in [2.24, 2.45) is 7.05 Å². The van der Waals surface area contributed by atoms with E-state index in [9.17, 15) is 9.59 Å². The number of carbonyl (C=O) groups excluding carboxylic acids is 1. The number of aryl methyl sites for hydroxylation is 1. The van der Waals surface area contributed by atoms with Crippen LogP contribution in [0.15, 0.2) is 53.3 Å². The van der Waals surface area contributed by atoms with Gasteiger partial charge in [0.1, 0.15) is 12.3 Å². The first-order chi connectivity index (χ1) is 13.1. The first-order valence-electron chi connectivity index (χ1n) is 9.18. The second-order valence-electron chi connectivity index (χ2n) is 6.94. The normalized spacial score (nSPS) is 16.8. The molecule has 3 aromatic rings. The maximum atomic E-state index is 13.1. The molecule has 1 saturated heterocycles.